The van der Waals surface area contributed by atoms with E-state index in [9.17, 15) is 4.79 Å². The minimum Gasteiger partial charge on any atom is -0.359 e. The number of aldehydes is 1. The molecular formula is C5H11NO2. The summed E-state index contributed by atoms with van der Waals surface area (Å²) < 4.78 is 0. The van der Waals surface area contributed by atoms with Gasteiger partial charge < -0.3 is 10.1 Å². The summed E-state index contributed by atoms with van der Waals surface area (Å²) in [5, 5.41) is 2.39. The van der Waals surface area contributed by atoms with Crippen LogP contribution in [-0.4, -0.2) is 19.2 Å². The van der Waals surface area contributed by atoms with E-state index in [2.05, 4.69) is 5.32 Å². The number of carbonyl (C=O) groups is 2. The van der Waals surface area contributed by atoms with Gasteiger partial charge in [0, 0.05) is 14.0 Å². The summed E-state index contributed by atoms with van der Waals surface area (Å²) in [4.78, 5) is 18.5. The van der Waals surface area contributed by atoms with Gasteiger partial charge in [-0.3, -0.25) is 4.79 Å². The highest BCUT2D eigenvalue weighted by Gasteiger charge is 1.72. The van der Waals surface area contributed by atoms with Crippen molar-refractivity contribution < 1.29 is 9.59 Å². The van der Waals surface area contributed by atoms with Crippen molar-refractivity contribution in [2.45, 2.75) is 13.8 Å². The van der Waals surface area contributed by atoms with Crippen molar-refractivity contribution in [1.82, 2.24) is 5.32 Å². The number of amides is 1. The van der Waals surface area contributed by atoms with E-state index in [-0.39, 0.29) is 5.91 Å². The van der Waals surface area contributed by atoms with Gasteiger partial charge in [-0.05, 0) is 6.92 Å². The molecule has 1 amide bonds. The van der Waals surface area contributed by atoms with Crippen molar-refractivity contribution >= 4 is 12.2 Å². The van der Waals surface area contributed by atoms with Crippen molar-refractivity contribution in [2.24, 2.45) is 0 Å². The summed E-state index contributed by atoms with van der Waals surface area (Å²) in [5.41, 5.74) is 0. The van der Waals surface area contributed by atoms with Gasteiger partial charge in [-0.2, -0.15) is 0 Å². The van der Waals surface area contributed by atoms with Gasteiger partial charge in [0.2, 0.25) is 5.91 Å². The van der Waals surface area contributed by atoms with Crippen LogP contribution in [0, 0.1) is 0 Å². The highest BCUT2D eigenvalue weighted by atomic mass is 16.1. The molecule has 0 radical (unpaired) electrons. The Hall–Kier alpha value is -0.860. The fourth-order valence-corrected chi connectivity index (χ4v) is 0. The lowest BCUT2D eigenvalue weighted by Crippen LogP contribution is -2.11. The first-order valence-electron chi connectivity index (χ1n) is 2.27. The normalized spacial score (nSPS) is 5.88. The molecule has 0 rings (SSSR count). The van der Waals surface area contributed by atoms with Crippen molar-refractivity contribution in [3.05, 3.63) is 0 Å². The highest BCUT2D eigenvalue weighted by Crippen LogP contribution is 1.45. The largest absolute Gasteiger partial charge is 0.359 e. The van der Waals surface area contributed by atoms with Crippen molar-refractivity contribution in [3.8, 4) is 0 Å². The smallest absolute Gasteiger partial charge is 0.216 e. The average Bonchev–Trinajstić information content (AvgIpc) is 1.69. The van der Waals surface area contributed by atoms with Gasteiger partial charge in [0.1, 0.15) is 6.29 Å². The second-order valence-corrected chi connectivity index (χ2v) is 1.04. The van der Waals surface area contributed by atoms with Gasteiger partial charge in [0.05, 0.1) is 0 Å². The van der Waals surface area contributed by atoms with Crippen LogP contribution in [0.3, 0.4) is 0 Å². The second-order valence-electron chi connectivity index (χ2n) is 1.04. The van der Waals surface area contributed by atoms with Crippen molar-refractivity contribution in [3.63, 3.8) is 0 Å². The van der Waals surface area contributed by atoms with Crippen LogP contribution in [0.4, 0.5) is 0 Å². The maximum Gasteiger partial charge on any atom is 0.216 e. The number of hydrogen-bond acceptors (Lipinski definition) is 2. The van der Waals surface area contributed by atoms with Crippen LogP contribution in [0.1, 0.15) is 13.8 Å². The summed E-state index contributed by atoms with van der Waals surface area (Å²) in [5.74, 6) is 0.00463. The lowest BCUT2D eigenvalue weighted by Gasteiger charge is -1.80. The Labute approximate surface area is 49.1 Å². The van der Waals surface area contributed by atoms with Crippen LogP contribution in [0.2, 0.25) is 0 Å². The third-order valence-corrected chi connectivity index (χ3v) is 0.352. The van der Waals surface area contributed by atoms with Gasteiger partial charge in [-0.1, -0.05) is 0 Å². The Bertz CT molecular complexity index is 70.8. The monoisotopic (exact) mass is 117 g/mol. The number of rotatable bonds is 0. The second kappa shape index (κ2) is 9.46. The molecule has 0 saturated heterocycles. The fourth-order valence-electron chi connectivity index (χ4n) is 0. The molecule has 0 fully saturated rings. The lowest BCUT2D eigenvalue weighted by atomic mass is 10.7. The van der Waals surface area contributed by atoms with Crippen LogP contribution in [0.15, 0.2) is 0 Å². The molecule has 0 spiro atoms. The lowest BCUT2D eigenvalue weighted by molar-refractivity contribution is -0.118. The maximum atomic E-state index is 9.70. The van der Waals surface area contributed by atoms with Crippen LogP contribution >= 0.6 is 0 Å². The molecular weight excluding hydrogens is 106 g/mol. The zero-order chi connectivity index (χ0) is 6.99. The minimum absolute atomic E-state index is 0.00463. The third-order valence-electron chi connectivity index (χ3n) is 0.352. The molecule has 8 heavy (non-hydrogen) atoms. The summed E-state index contributed by atoms with van der Waals surface area (Å²) in [6.07, 6.45) is 0.750. The molecule has 48 valence electrons. The number of hydrogen-bond donors (Lipinski definition) is 1. The minimum atomic E-state index is 0.00463. The molecule has 0 aromatic heterocycles. The quantitative estimate of drug-likeness (QED) is 0.452. The molecule has 0 atom stereocenters. The fraction of sp³-hybridized carbons (Fsp3) is 0.600. The van der Waals surface area contributed by atoms with Crippen LogP contribution < -0.4 is 5.32 Å². The van der Waals surface area contributed by atoms with Gasteiger partial charge >= 0.3 is 0 Å². The highest BCUT2D eigenvalue weighted by molar-refractivity contribution is 5.72. The molecule has 3 nitrogen and oxygen atoms in total. The molecule has 1 N–H and O–H groups in total. The summed E-state index contributed by atoms with van der Waals surface area (Å²) >= 11 is 0. The number of nitrogens with one attached hydrogen (secondary N) is 1. The molecule has 0 heterocycles. The summed E-state index contributed by atoms with van der Waals surface area (Å²) in [6.45, 7) is 2.92. The molecule has 0 aliphatic rings. The Morgan fingerprint density at radius 2 is 1.75 bits per heavy atom. The van der Waals surface area contributed by atoms with Gasteiger partial charge in [-0.25, -0.2) is 0 Å². The van der Waals surface area contributed by atoms with E-state index in [1.807, 2.05) is 0 Å². The standard InChI is InChI=1S/C3H7NO.C2H4O/c1-3(5)4-2;1-2-3/h1-2H3,(H,4,5);2H,1H3. The molecule has 0 aromatic rings. The van der Waals surface area contributed by atoms with E-state index in [1.165, 1.54) is 13.8 Å². The summed E-state index contributed by atoms with van der Waals surface area (Å²) in [6, 6.07) is 0. The van der Waals surface area contributed by atoms with E-state index in [0.717, 1.165) is 6.29 Å². The first-order chi connectivity index (χ1) is 3.68. The number of carbonyl (C=O) groups excluding carboxylic acids is 2. The summed E-state index contributed by atoms with van der Waals surface area (Å²) in [7, 11) is 1.60. The maximum absolute atomic E-state index is 9.70. The van der Waals surface area contributed by atoms with Gasteiger partial charge in [0.15, 0.2) is 0 Å². The molecule has 0 saturated carbocycles. The van der Waals surface area contributed by atoms with Gasteiger partial charge in [0.25, 0.3) is 0 Å². The first kappa shape index (κ1) is 10.2. The van der Waals surface area contributed by atoms with Crippen molar-refractivity contribution in [1.29, 1.82) is 0 Å². The Kier molecular flexibility index (Phi) is 12.1. The first-order valence-corrected chi connectivity index (χ1v) is 2.27. The van der Waals surface area contributed by atoms with E-state index >= 15 is 0 Å². The predicted molar refractivity (Wildman–Crippen MR) is 31.5 cm³/mol. The zero-order valence-corrected chi connectivity index (χ0v) is 5.39. The third kappa shape index (κ3) is 67.8. The SMILES string of the molecule is CC=O.CNC(C)=O. The van der Waals surface area contributed by atoms with E-state index in [1.54, 1.807) is 7.05 Å². The topological polar surface area (TPSA) is 46.2 Å². The average molecular weight is 117 g/mol. The molecule has 0 unspecified atom stereocenters. The zero-order valence-electron chi connectivity index (χ0n) is 5.39. The molecule has 0 aliphatic heterocycles. The Morgan fingerprint density at radius 1 is 1.62 bits per heavy atom. The predicted octanol–water partition coefficient (Wildman–Crippen LogP) is -0.0425. The van der Waals surface area contributed by atoms with E-state index in [0.29, 0.717) is 0 Å². The van der Waals surface area contributed by atoms with Crippen LogP contribution in [-0.2, 0) is 9.59 Å². The van der Waals surface area contributed by atoms with E-state index < -0.39 is 0 Å². The van der Waals surface area contributed by atoms with Crippen LogP contribution in [0.5, 0.6) is 0 Å². The molecule has 0 bridgehead atoms. The van der Waals surface area contributed by atoms with E-state index in [4.69, 9.17) is 4.79 Å². The Balaban J connectivity index is 0. The molecule has 0 aliphatic carbocycles. The van der Waals surface area contributed by atoms with Crippen molar-refractivity contribution in [2.75, 3.05) is 7.05 Å². The molecule has 3 heteroatoms. The Morgan fingerprint density at radius 3 is 1.75 bits per heavy atom. The van der Waals surface area contributed by atoms with Crippen LogP contribution in [0.25, 0.3) is 0 Å². The molecule has 0 aromatic carbocycles. The van der Waals surface area contributed by atoms with Gasteiger partial charge in [-0.15, -0.1) is 0 Å².